The molecule has 0 aliphatic rings. The summed E-state index contributed by atoms with van der Waals surface area (Å²) in [5.41, 5.74) is 3.94. The van der Waals surface area contributed by atoms with Crippen LogP contribution < -0.4 is 5.32 Å². The molecule has 0 unspecified atom stereocenters. The Hall–Kier alpha value is -2.00. The van der Waals surface area contributed by atoms with Gasteiger partial charge in [-0.15, -0.1) is 0 Å². The third-order valence-electron chi connectivity index (χ3n) is 3.14. The number of hydrogen-bond donors (Lipinski definition) is 1. The van der Waals surface area contributed by atoms with E-state index in [2.05, 4.69) is 10.3 Å². The van der Waals surface area contributed by atoms with E-state index in [4.69, 9.17) is 16.0 Å². The zero-order chi connectivity index (χ0) is 13.9. The lowest BCUT2D eigenvalue weighted by molar-refractivity contribution is 0.538. The fourth-order valence-electron chi connectivity index (χ4n) is 2.04. The number of fused-ring (bicyclic) bond motifs is 1. The first-order valence-corrected chi connectivity index (χ1v) is 7.00. The Morgan fingerprint density at radius 2 is 1.95 bits per heavy atom. The summed E-state index contributed by atoms with van der Waals surface area (Å²) in [6.07, 6.45) is 0.808. The quantitative estimate of drug-likeness (QED) is 0.758. The molecule has 0 saturated carbocycles. The Balaban J connectivity index is 1.75. The molecule has 0 bridgehead atoms. The van der Waals surface area contributed by atoms with E-state index in [9.17, 15) is 0 Å². The zero-order valence-electron chi connectivity index (χ0n) is 11.2. The van der Waals surface area contributed by atoms with Crippen LogP contribution in [0.25, 0.3) is 11.1 Å². The molecular weight excluding hydrogens is 272 g/mol. The van der Waals surface area contributed by atoms with E-state index < -0.39 is 0 Å². The molecule has 0 atom stereocenters. The summed E-state index contributed by atoms with van der Waals surface area (Å²) in [5, 5.41) is 4.13. The van der Waals surface area contributed by atoms with Gasteiger partial charge in [0.05, 0.1) is 0 Å². The minimum absolute atomic E-state index is 0.751. The number of nitrogens with zero attached hydrogens (tertiary/aromatic N) is 1. The second-order valence-corrected chi connectivity index (χ2v) is 5.06. The van der Waals surface area contributed by atoms with Gasteiger partial charge in [0, 0.05) is 23.7 Å². The van der Waals surface area contributed by atoms with Crippen molar-refractivity contribution in [2.24, 2.45) is 0 Å². The normalized spacial score (nSPS) is 10.9. The molecule has 1 N–H and O–H groups in total. The molecule has 0 spiro atoms. The van der Waals surface area contributed by atoms with Crippen molar-refractivity contribution in [2.75, 3.05) is 5.32 Å². The van der Waals surface area contributed by atoms with Crippen LogP contribution in [0.5, 0.6) is 0 Å². The highest BCUT2D eigenvalue weighted by atomic mass is 35.5. The number of anilines is 1. The van der Waals surface area contributed by atoms with Gasteiger partial charge >= 0.3 is 0 Å². The highest BCUT2D eigenvalue weighted by Crippen LogP contribution is 2.21. The minimum Gasteiger partial charge on any atom is -0.441 e. The number of aryl methyl sites for hydroxylation is 1. The van der Waals surface area contributed by atoms with Crippen molar-refractivity contribution in [2.45, 2.75) is 19.9 Å². The predicted molar refractivity (Wildman–Crippen MR) is 82.2 cm³/mol. The van der Waals surface area contributed by atoms with Gasteiger partial charge < -0.3 is 9.73 Å². The molecule has 102 valence electrons. The molecule has 1 aromatic heterocycles. The van der Waals surface area contributed by atoms with Crippen molar-refractivity contribution in [3.05, 3.63) is 58.9 Å². The van der Waals surface area contributed by atoms with Crippen LogP contribution >= 0.6 is 11.6 Å². The Morgan fingerprint density at radius 1 is 1.15 bits per heavy atom. The van der Waals surface area contributed by atoms with Gasteiger partial charge in [0.2, 0.25) is 0 Å². The van der Waals surface area contributed by atoms with E-state index in [1.807, 2.05) is 49.4 Å². The lowest BCUT2D eigenvalue weighted by Crippen LogP contribution is -1.98. The molecular formula is C16H15ClN2O. The van der Waals surface area contributed by atoms with Crippen molar-refractivity contribution in [1.29, 1.82) is 0 Å². The van der Waals surface area contributed by atoms with Crippen LogP contribution in [0.15, 0.2) is 46.9 Å². The van der Waals surface area contributed by atoms with E-state index in [0.29, 0.717) is 0 Å². The van der Waals surface area contributed by atoms with Gasteiger partial charge in [-0.1, -0.05) is 30.7 Å². The molecule has 0 saturated heterocycles. The maximum absolute atomic E-state index is 5.87. The predicted octanol–water partition coefficient (Wildman–Crippen LogP) is 4.66. The number of aromatic nitrogens is 1. The van der Waals surface area contributed by atoms with Gasteiger partial charge in [-0.05, 0) is 35.9 Å². The highest BCUT2D eigenvalue weighted by molar-refractivity contribution is 6.30. The van der Waals surface area contributed by atoms with Crippen molar-refractivity contribution in [3.8, 4) is 0 Å². The number of hydrogen-bond acceptors (Lipinski definition) is 3. The molecule has 4 heteroatoms. The highest BCUT2D eigenvalue weighted by Gasteiger charge is 2.04. The van der Waals surface area contributed by atoms with Crippen LogP contribution in [-0.4, -0.2) is 4.98 Å². The topological polar surface area (TPSA) is 38.1 Å². The molecule has 2 aromatic carbocycles. The molecule has 3 rings (SSSR count). The number of oxazole rings is 1. The lowest BCUT2D eigenvalue weighted by atomic mass is 10.2. The summed E-state index contributed by atoms with van der Waals surface area (Å²) >= 11 is 5.87. The van der Waals surface area contributed by atoms with Crippen LogP contribution in [-0.2, 0) is 13.0 Å². The molecule has 0 fully saturated rings. The van der Waals surface area contributed by atoms with Crippen LogP contribution in [0.3, 0.4) is 0 Å². The van der Waals surface area contributed by atoms with E-state index >= 15 is 0 Å². The Morgan fingerprint density at radius 3 is 2.70 bits per heavy atom. The Labute approximate surface area is 122 Å². The van der Waals surface area contributed by atoms with Crippen molar-refractivity contribution in [1.82, 2.24) is 4.98 Å². The zero-order valence-corrected chi connectivity index (χ0v) is 11.9. The summed E-state index contributed by atoms with van der Waals surface area (Å²) in [6, 6.07) is 13.8. The second kappa shape index (κ2) is 5.55. The van der Waals surface area contributed by atoms with Crippen molar-refractivity contribution < 1.29 is 4.42 Å². The lowest BCUT2D eigenvalue weighted by Gasteiger charge is -2.06. The SMILES string of the molecule is CCc1nc2cc(NCc3ccc(Cl)cc3)ccc2o1. The summed E-state index contributed by atoms with van der Waals surface area (Å²) in [7, 11) is 0. The summed E-state index contributed by atoms with van der Waals surface area (Å²) in [6.45, 7) is 2.78. The third-order valence-corrected chi connectivity index (χ3v) is 3.40. The molecule has 3 aromatic rings. The van der Waals surface area contributed by atoms with Gasteiger partial charge in [0.25, 0.3) is 0 Å². The average Bonchev–Trinajstić information content (AvgIpc) is 2.89. The minimum atomic E-state index is 0.751. The number of rotatable bonds is 4. The van der Waals surface area contributed by atoms with Crippen LogP contribution in [0, 0.1) is 0 Å². The Kier molecular flexibility index (Phi) is 3.61. The monoisotopic (exact) mass is 286 g/mol. The van der Waals surface area contributed by atoms with E-state index in [-0.39, 0.29) is 0 Å². The first kappa shape index (κ1) is 13.0. The number of halogens is 1. The van der Waals surface area contributed by atoms with Gasteiger partial charge in [0.1, 0.15) is 5.52 Å². The van der Waals surface area contributed by atoms with E-state index in [1.54, 1.807) is 0 Å². The molecule has 20 heavy (non-hydrogen) atoms. The number of benzene rings is 2. The smallest absolute Gasteiger partial charge is 0.195 e. The van der Waals surface area contributed by atoms with E-state index in [1.165, 1.54) is 5.56 Å². The Bertz CT molecular complexity index is 719. The first-order chi connectivity index (χ1) is 9.74. The standard InChI is InChI=1S/C16H15ClN2O/c1-2-16-19-14-9-13(7-8-15(14)20-16)18-10-11-3-5-12(17)6-4-11/h3-9,18H,2,10H2,1H3. The number of nitrogens with one attached hydrogen (secondary N) is 1. The average molecular weight is 287 g/mol. The van der Waals surface area contributed by atoms with Crippen molar-refractivity contribution >= 4 is 28.4 Å². The maximum Gasteiger partial charge on any atom is 0.195 e. The fraction of sp³-hybridized carbons (Fsp3) is 0.188. The molecule has 0 aliphatic heterocycles. The second-order valence-electron chi connectivity index (χ2n) is 4.62. The van der Waals surface area contributed by atoms with E-state index in [0.717, 1.165) is 40.7 Å². The van der Waals surface area contributed by atoms with Gasteiger partial charge in [0.15, 0.2) is 11.5 Å². The molecule has 0 aliphatic carbocycles. The molecule has 0 radical (unpaired) electrons. The van der Waals surface area contributed by atoms with Crippen LogP contribution in [0.4, 0.5) is 5.69 Å². The largest absolute Gasteiger partial charge is 0.441 e. The molecule has 3 nitrogen and oxygen atoms in total. The van der Waals surface area contributed by atoms with Crippen molar-refractivity contribution in [3.63, 3.8) is 0 Å². The maximum atomic E-state index is 5.87. The third kappa shape index (κ3) is 2.78. The fourth-order valence-corrected chi connectivity index (χ4v) is 2.17. The summed E-state index contributed by atoms with van der Waals surface area (Å²) in [4.78, 5) is 4.43. The van der Waals surface area contributed by atoms with Crippen LogP contribution in [0.1, 0.15) is 18.4 Å². The molecule has 0 amide bonds. The van der Waals surface area contributed by atoms with Gasteiger partial charge in [-0.3, -0.25) is 0 Å². The van der Waals surface area contributed by atoms with Gasteiger partial charge in [-0.25, -0.2) is 4.98 Å². The molecule has 1 heterocycles. The summed E-state index contributed by atoms with van der Waals surface area (Å²) < 4.78 is 5.59. The van der Waals surface area contributed by atoms with Gasteiger partial charge in [-0.2, -0.15) is 0 Å². The van der Waals surface area contributed by atoms with Crippen LogP contribution in [0.2, 0.25) is 5.02 Å². The first-order valence-electron chi connectivity index (χ1n) is 6.62. The summed E-state index contributed by atoms with van der Waals surface area (Å²) in [5.74, 6) is 0.773.